The first-order valence-electron chi connectivity index (χ1n) is 6.36. The van der Waals surface area contributed by atoms with Gasteiger partial charge in [0, 0.05) is 18.1 Å². The molecule has 2 heterocycles. The van der Waals surface area contributed by atoms with Crippen LogP contribution in [-0.2, 0) is 16.1 Å². The van der Waals surface area contributed by atoms with E-state index in [-0.39, 0.29) is 18.9 Å². The molecular weight excluding hydrogens is 246 g/mol. The highest BCUT2D eigenvalue weighted by molar-refractivity contribution is 5.66. The Morgan fingerprint density at radius 1 is 1.32 bits per heavy atom. The molecule has 0 saturated heterocycles. The van der Waals surface area contributed by atoms with Crippen molar-refractivity contribution in [2.24, 2.45) is 0 Å². The summed E-state index contributed by atoms with van der Waals surface area (Å²) in [6.07, 6.45) is -0.217. The summed E-state index contributed by atoms with van der Waals surface area (Å²) in [5, 5.41) is 0. The highest BCUT2D eigenvalue weighted by Gasteiger charge is 2.36. The first-order chi connectivity index (χ1) is 8.94. The first-order valence-corrected chi connectivity index (χ1v) is 6.36. The van der Waals surface area contributed by atoms with Gasteiger partial charge in [-0.05, 0) is 12.1 Å². The fourth-order valence-corrected chi connectivity index (χ4v) is 2.81. The number of carbonyl (C=O) groups excluding carboxylic acids is 1. The molecule has 0 saturated carbocycles. The van der Waals surface area contributed by atoms with Gasteiger partial charge in [-0.2, -0.15) is 0 Å². The van der Waals surface area contributed by atoms with Crippen molar-refractivity contribution in [2.45, 2.75) is 19.6 Å². The summed E-state index contributed by atoms with van der Waals surface area (Å²) in [6, 6.07) is 3.96. The fourth-order valence-electron chi connectivity index (χ4n) is 2.81. The van der Waals surface area contributed by atoms with Crippen LogP contribution in [0.2, 0.25) is 0 Å². The summed E-state index contributed by atoms with van der Waals surface area (Å²) < 4.78 is 17.1. The standard InChI is InChI=1S/C14H18NO4/c1-9(16)19-14-7-15(2,3)6-10-4-12-13(5-11(10)14)18-8-17-12/h4-5,14H,6-8H2,1-3H3/q+1. The molecule has 0 aliphatic carbocycles. The second kappa shape index (κ2) is 4.13. The van der Waals surface area contributed by atoms with Gasteiger partial charge in [-0.25, -0.2) is 0 Å². The van der Waals surface area contributed by atoms with Crippen molar-refractivity contribution in [3.8, 4) is 11.5 Å². The Kier molecular flexibility index (Phi) is 2.67. The molecule has 102 valence electrons. The van der Waals surface area contributed by atoms with Crippen molar-refractivity contribution >= 4 is 5.97 Å². The molecule has 2 aliphatic rings. The normalized spacial score (nSPS) is 22.8. The lowest BCUT2D eigenvalue weighted by Crippen LogP contribution is -2.46. The monoisotopic (exact) mass is 264 g/mol. The van der Waals surface area contributed by atoms with Crippen molar-refractivity contribution in [1.29, 1.82) is 0 Å². The van der Waals surface area contributed by atoms with Crippen LogP contribution in [0.5, 0.6) is 11.5 Å². The summed E-state index contributed by atoms with van der Waals surface area (Å²) in [6.45, 7) is 3.37. The zero-order valence-electron chi connectivity index (χ0n) is 11.4. The van der Waals surface area contributed by atoms with Crippen molar-refractivity contribution in [3.05, 3.63) is 23.3 Å². The molecule has 19 heavy (non-hydrogen) atoms. The van der Waals surface area contributed by atoms with Crippen molar-refractivity contribution in [1.82, 2.24) is 0 Å². The van der Waals surface area contributed by atoms with Crippen molar-refractivity contribution in [2.75, 3.05) is 27.4 Å². The van der Waals surface area contributed by atoms with Gasteiger partial charge in [0.1, 0.15) is 13.1 Å². The molecule has 1 aromatic rings. The Hall–Kier alpha value is -1.75. The number of rotatable bonds is 1. The number of esters is 1. The van der Waals surface area contributed by atoms with E-state index in [4.69, 9.17) is 14.2 Å². The lowest BCUT2D eigenvalue weighted by atomic mass is 9.95. The topological polar surface area (TPSA) is 44.8 Å². The van der Waals surface area contributed by atoms with Crippen molar-refractivity contribution in [3.63, 3.8) is 0 Å². The van der Waals surface area contributed by atoms with Gasteiger partial charge in [0.25, 0.3) is 0 Å². The van der Waals surface area contributed by atoms with Crippen LogP contribution in [0.1, 0.15) is 24.2 Å². The number of ether oxygens (including phenoxy) is 3. The van der Waals surface area contributed by atoms with Crippen LogP contribution in [0.3, 0.4) is 0 Å². The molecule has 2 aliphatic heterocycles. The third kappa shape index (κ3) is 2.26. The van der Waals surface area contributed by atoms with Gasteiger partial charge in [0.2, 0.25) is 6.79 Å². The zero-order chi connectivity index (χ0) is 13.6. The minimum atomic E-state index is -0.254. The smallest absolute Gasteiger partial charge is 0.303 e. The second-order valence-corrected chi connectivity index (χ2v) is 5.78. The Labute approximate surface area is 112 Å². The van der Waals surface area contributed by atoms with Crippen LogP contribution in [0, 0.1) is 0 Å². The molecule has 5 nitrogen and oxygen atoms in total. The third-order valence-corrected chi connectivity index (χ3v) is 3.55. The SMILES string of the molecule is CC(=O)OC1C[N+](C)(C)Cc2cc3c(cc21)OCO3. The van der Waals surface area contributed by atoms with E-state index >= 15 is 0 Å². The van der Waals surface area contributed by atoms with Gasteiger partial charge < -0.3 is 18.7 Å². The van der Waals surface area contributed by atoms with Gasteiger partial charge in [-0.15, -0.1) is 0 Å². The van der Waals surface area contributed by atoms with E-state index in [0.717, 1.165) is 40.2 Å². The van der Waals surface area contributed by atoms with E-state index in [2.05, 4.69) is 14.1 Å². The molecule has 0 amide bonds. The molecule has 5 heteroatoms. The molecule has 0 radical (unpaired) electrons. The molecule has 0 aromatic heterocycles. The number of fused-ring (bicyclic) bond motifs is 2. The van der Waals surface area contributed by atoms with Crippen LogP contribution >= 0.6 is 0 Å². The lowest BCUT2D eigenvalue weighted by Gasteiger charge is -2.38. The Morgan fingerprint density at radius 3 is 2.68 bits per heavy atom. The van der Waals surface area contributed by atoms with E-state index < -0.39 is 0 Å². The summed E-state index contributed by atoms with van der Waals surface area (Å²) in [5.41, 5.74) is 2.20. The van der Waals surface area contributed by atoms with Gasteiger partial charge >= 0.3 is 5.97 Å². The van der Waals surface area contributed by atoms with E-state index in [0.29, 0.717) is 0 Å². The maximum Gasteiger partial charge on any atom is 0.303 e. The van der Waals surface area contributed by atoms with Gasteiger partial charge in [0.05, 0.1) is 14.1 Å². The number of nitrogens with zero attached hydrogens (tertiary/aromatic N) is 1. The Bertz CT molecular complexity index is 538. The third-order valence-electron chi connectivity index (χ3n) is 3.55. The van der Waals surface area contributed by atoms with E-state index in [1.165, 1.54) is 6.92 Å². The summed E-state index contributed by atoms with van der Waals surface area (Å²) in [4.78, 5) is 11.3. The highest BCUT2D eigenvalue weighted by atomic mass is 16.7. The molecule has 0 spiro atoms. The predicted molar refractivity (Wildman–Crippen MR) is 67.8 cm³/mol. The van der Waals surface area contributed by atoms with Crippen LogP contribution in [-0.4, -0.2) is 37.9 Å². The average Bonchev–Trinajstić information content (AvgIpc) is 2.71. The minimum absolute atomic E-state index is 0.217. The van der Waals surface area contributed by atoms with Crippen molar-refractivity contribution < 1.29 is 23.5 Å². The molecule has 0 bridgehead atoms. The van der Waals surface area contributed by atoms with E-state index in [9.17, 15) is 4.79 Å². The second-order valence-electron chi connectivity index (χ2n) is 5.78. The van der Waals surface area contributed by atoms with Crippen LogP contribution in [0.25, 0.3) is 0 Å². The molecule has 1 unspecified atom stereocenters. The number of quaternary nitrogens is 1. The summed E-state index contributed by atoms with van der Waals surface area (Å²) in [7, 11) is 4.26. The number of benzene rings is 1. The molecular formula is C14H18NO4+. The molecule has 1 atom stereocenters. The van der Waals surface area contributed by atoms with Crippen LogP contribution in [0.15, 0.2) is 12.1 Å². The number of carbonyl (C=O) groups is 1. The van der Waals surface area contributed by atoms with E-state index in [1.807, 2.05) is 12.1 Å². The number of likely N-dealkylation sites (N-methyl/N-ethyl adjacent to an activating group) is 1. The van der Waals surface area contributed by atoms with Crippen LogP contribution < -0.4 is 9.47 Å². The molecule has 0 N–H and O–H groups in total. The number of hydrogen-bond acceptors (Lipinski definition) is 4. The maximum atomic E-state index is 11.3. The summed E-state index contributed by atoms with van der Waals surface area (Å²) in [5.74, 6) is 1.26. The zero-order valence-corrected chi connectivity index (χ0v) is 11.4. The predicted octanol–water partition coefficient (Wildman–Crippen LogP) is 1.61. The quantitative estimate of drug-likeness (QED) is 0.571. The fraction of sp³-hybridized carbons (Fsp3) is 0.500. The molecule has 3 rings (SSSR count). The Balaban J connectivity index is 2.04. The minimum Gasteiger partial charge on any atom is -0.454 e. The van der Waals surface area contributed by atoms with Gasteiger partial charge in [-0.1, -0.05) is 0 Å². The van der Waals surface area contributed by atoms with E-state index in [1.54, 1.807) is 0 Å². The maximum absolute atomic E-state index is 11.3. The lowest BCUT2D eigenvalue weighted by molar-refractivity contribution is -0.909. The summed E-state index contributed by atoms with van der Waals surface area (Å²) >= 11 is 0. The van der Waals surface area contributed by atoms with Gasteiger partial charge in [-0.3, -0.25) is 4.79 Å². The van der Waals surface area contributed by atoms with Gasteiger partial charge in [0.15, 0.2) is 17.6 Å². The highest BCUT2D eigenvalue weighted by Crippen LogP contribution is 2.41. The average molecular weight is 264 g/mol. The van der Waals surface area contributed by atoms with Crippen LogP contribution in [0.4, 0.5) is 0 Å². The number of hydrogen-bond donors (Lipinski definition) is 0. The molecule has 1 aromatic carbocycles. The first kappa shape index (κ1) is 12.3. The molecule has 0 fully saturated rings. The Morgan fingerprint density at radius 2 is 2.00 bits per heavy atom. The largest absolute Gasteiger partial charge is 0.454 e.